The fourth-order valence-corrected chi connectivity index (χ4v) is 5.69. The summed E-state index contributed by atoms with van der Waals surface area (Å²) in [6.45, 7) is 8.34. The van der Waals surface area contributed by atoms with Gasteiger partial charge in [0.2, 0.25) is 0 Å². The zero-order chi connectivity index (χ0) is 18.0. The van der Waals surface area contributed by atoms with Crippen LogP contribution in [0.1, 0.15) is 79.1 Å². The van der Waals surface area contributed by atoms with Crippen molar-refractivity contribution in [1.82, 2.24) is 0 Å². The van der Waals surface area contributed by atoms with Crippen molar-refractivity contribution >= 4 is 23.1 Å². The lowest BCUT2D eigenvalue weighted by molar-refractivity contribution is -0.122. The van der Waals surface area contributed by atoms with Gasteiger partial charge in [0.25, 0.3) is 0 Å². The normalized spacial score (nSPS) is 46.8. The molecule has 4 aliphatic carbocycles. The molecule has 0 heterocycles. The van der Waals surface area contributed by atoms with Gasteiger partial charge in [0.1, 0.15) is 23.1 Å². The number of carbonyl (C=O) groups excluding carboxylic acids is 4. The fraction of sp³-hybridized carbons (Fsp3) is 0.800. The van der Waals surface area contributed by atoms with E-state index < -0.39 is 0 Å². The maximum Gasteiger partial charge on any atom is 0.134 e. The summed E-state index contributed by atoms with van der Waals surface area (Å²) in [6.07, 6.45) is 4.96. The second-order valence-corrected chi connectivity index (χ2v) is 9.81. The number of ketones is 4. The summed E-state index contributed by atoms with van der Waals surface area (Å²) in [7, 11) is 0. The zero-order valence-corrected chi connectivity index (χ0v) is 15.3. The van der Waals surface area contributed by atoms with E-state index in [2.05, 4.69) is 27.7 Å². The molecule has 4 rings (SSSR count). The Balaban J connectivity index is 0.000000141. The minimum Gasteiger partial charge on any atom is -0.300 e. The maximum absolute atomic E-state index is 11.3. The molecule has 4 heteroatoms. The van der Waals surface area contributed by atoms with E-state index >= 15 is 0 Å². The molecule has 0 aromatic carbocycles. The molecule has 0 amide bonds. The van der Waals surface area contributed by atoms with Crippen molar-refractivity contribution in [3.8, 4) is 0 Å². The molecule has 0 bridgehead atoms. The predicted molar refractivity (Wildman–Crippen MR) is 89.4 cm³/mol. The number of fused-ring (bicyclic) bond motifs is 2. The Kier molecular flexibility index (Phi) is 3.71. The van der Waals surface area contributed by atoms with Crippen LogP contribution in [0, 0.1) is 21.7 Å². The molecule has 0 N–H and O–H groups in total. The van der Waals surface area contributed by atoms with E-state index in [9.17, 15) is 19.2 Å². The number of hydrogen-bond acceptors (Lipinski definition) is 4. The Hall–Kier alpha value is -1.32. The molecule has 4 nitrogen and oxygen atoms in total. The van der Waals surface area contributed by atoms with Gasteiger partial charge in [-0.25, -0.2) is 0 Å². The summed E-state index contributed by atoms with van der Waals surface area (Å²) in [5.74, 6) is 1.36. The van der Waals surface area contributed by atoms with Crippen molar-refractivity contribution in [2.24, 2.45) is 21.7 Å². The smallest absolute Gasteiger partial charge is 0.134 e. The summed E-state index contributed by atoms with van der Waals surface area (Å²) in [4.78, 5) is 45.0. The van der Waals surface area contributed by atoms with Gasteiger partial charge in [0.15, 0.2) is 0 Å². The molecule has 0 radical (unpaired) electrons. The Morgan fingerprint density at radius 2 is 0.542 bits per heavy atom. The Morgan fingerprint density at radius 1 is 0.417 bits per heavy atom. The van der Waals surface area contributed by atoms with E-state index in [-0.39, 0.29) is 21.7 Å². The highest BCUT2D eigenvalue weighted by Gasteiger charge is 2.58. The summed E-state index contributed by atoms with van der Waals surface area (Å²) < 4.78 is 0. The Bertz CT molecular complexity index is 498. The molecular weight excluding hydrogens is 304 g/mol. The van der Waals surface area contributed by atoms with Crippen molar-refractivity contribution in [3.63, 3.8) is 0 Å². The van der Waals surface area contributed by atoms with E-state index in [0.717, 1.165) is 0 Å². The molecule has 0 aliphatic heterocycles. The first-order valence-electron chi connectivity index (χ1n) is 8.97. The third-order valence-corrected chi connectivity index (χ3v) is 7.61. The number of hydrogen-bond donors (Lipinski definition) is 0. The summed E-state index contributed by atoms with van der Waals surface area (Å²) in [5.41, 5.74) is -0.0509. The second-order valence-electron chi connectivity index (χ2n) is 9.81. The van der Waals surface area contributed by atoms with Crippen LogP contribution in [-0.2, 0) is 19.2 Å². The SMILES string of the molecule is CC12CC(=O)CC1(C)CC(=O)C2.CC12CC(=O)CC1(C)CC(=O)C2. The molecule has 4 aliphatic rings. The van der Waals surface area contributed by atoms with E-state index in [1.165, 1.54) is 0 Å². The summed E-state index contributed by atoms with van der Waals surface area (Å²) in [5, 5.41) is 0. The van der Waals surface area contributed by atoms with E-state index in [1.807, 2.05) is 0 Å². The second kappa shape index (κ2) is 5.09. The van der Waals surface area contributed by atoms with Crippen molar-refractivity contribution in [2.45, 2.75) is 79.1 Å². The van der Waals surface area contributed by atoms with Crippen LogP contribution in [-0.4, -0.2) is 23.1 Å². The summed E-state index contributed by atoms with van der Waals surface area (Å²) in [6, 6.07) is 0. The molecule has 4 fully saturated rings. The van der Waals surface area contributed by atoms with Gasteiger partial charge in [-0.1, -0.05) is 27.7 Å². The number of rotatable bonds is 0. The zero-order valence-electron chi connectivity index (χ0n) is 15.3. The molecule has 0 spiro atoms. The highest BCUT2D eigenvalue weighted by Crippen LogP contribution is 2.60. The van der Waals surface area contributed by atoms with E-state index in [4.69, 9.17) is 0 Å². The van der Waals surface area contributed by atoms with Crippen LogP contribution in [0.4, 0.5) is 0 Å². The monoisotopic (exact) mass is 332 g/mol. The van der Waals surface area contributed by atoms with Crippen molar-refractivity contribution in [1.29, 1.82) is 0 Å². The van der Waals surface area contributed by atoms with Crippen molar-refractivity contribution < 1.29 is 19.2 Å². The summed E-state index contributed by atoms with van der Waals surface area (Å²) >= 11 is 0. The van der Waals surface area contributed by atoms with Crippen LogP contribution < -0.4 is 0 Å². The fourth-order valence-electron chi connectivity index (χ4n) is 5.69. The third kappa shape index (κ3) is 2.49. The quantitative estimate of drug-likeness (QED) is 0.681. The highest BCUT2D eigenvalue weighted by molar-refractivity contribution is 5.91. The first-order chi connectivity index (χ1) is 10.9. The van der Waals surface area contributed by atoms with Crippen molar-refractivity contribution in [2.75, 3.05) is 0 Å². The van der Waals surface area contributed by atoms with Crippen LogP contribution in [0.15, 0.2) is 0 Å². The molecule has 132 valence electrons. The van der Waals surface area contributed by atoms with Gasteiger partial charge in [-0.15, -0.1) is 0 Å². The van der Waals surface area contributed by atoms with Gasteiger partial charge in [-0.05, 0) is 21.7 Å². The highest BCUT2D eigenvalue weighted by atomic mass is 16.1. The predicted octanol–water partition coefficient (Wildman–Crippen LogP) is 3.45. The van der Waals surface area contributed by atoms with Crippen molar-refractivity contribution in [3.05, 3.63) is 0 Å². The largest absolute Gasteiger partial charge is 0.300 e. The minimum absolute atomic E-state index is 0.0127. The van der Waals surface area contributed by atoms with Gasteiger partial charge in [-0.2, -0.15) is 0 Å². The lowest BCUT2D eigenvalue weighted by Crippen LogP contribution is -2.25. The number of carbonyl (C=O) groups is 4. The average Bonchev–Trinajstić information content (AvgIpc) is 2.84. The molecule has 0 aromatic heterocycles. The molecule has 24 heavy (non-hydrogen) atoms. The van der Waals surface area contributed by atoms with Gasteiger partial charge in [-0.3, -0.25) is 19.2 Å². The lowest BCUT2D eigenvalue weighted by atomic mass is 9.71. The Labute approximate surface area is 143 Å². The van der Waals surface area contributed by atoms with Crippen LogP contribution in [0.25, 0.3) is 0 Å². The molecule has 0 unspecified atom stereocenters. The molecule has 0 atom stereocenters. The maximum atomic E-state index is 11.3. The number of Topliss-reactive ketones (excluding diaryl/α,β-unsaturated/α-hetero) is 4. The standard InChI is InChI=1S/2C10H14O2/c2*1-9-3-7(11)5-10(9,2)6-8(12)4-9/h2*3-6H2,1-2H3. The van der Waals surface area contributed by atoms with Crippen LogP contribution in [0.5, 0.6) is 0 Å². The average molecular weight is 332 g/mol. The molecular formula is C20H28O4. The molecule has 0 saturated heterocycles. The van der Waals surface area contributed by atoms with Gasteiger partial charge in [0, 0.05) is 51.4 Å². The minimum atomic E-state index is -0.0127. The topological polar surface area (TPSA) is 68.3 Å². The first-order valence-corrected chi connectivity index (χ1v) is 8.97. The van der Waals surface area contributed by atoms with E-state index in [0.29, 0.717) is 74.5 Å². The first kappa shape index (κ1) is 17.5. The third-order valence-electron chi connectivity index (χ3n) is 7.61. The van der Waals surface area contributed by atoms with E-state index in [1.54, 1.807) is 0 Å². The molecule has 0 aromatic rings. The molecule has 4 saturated carbocycles. The van der Waals surface area contributed by atoms with Crippen LogP contribution in [0.3, 0.4) is 0 Å². The van der Waals surface area contributed by atoms with Gasteiger partial charge < -0.3 is 0 Å². The Morgan fingerprint density at radius 3 is 0.667 bits per heavy atom. The lowest BCUT2D eigenvalue weighted by Gasteiger charge is -2.31. The van der Waals surface area contributed by atoms with Crippen LogP contribution in [0.2, 0.25) is 0 Å². The van der Waals surface area contributed by atoms with Gasteiger partial charge >= 0.3 is 0 Å². The van der Waals surface area contributed by atoms with Crippen LogP contribution >= 0.6 is 0 Å². The van der Waals surface area contributed by atoms with Gasteiger partial charge in [0.05, 0.1) is 0 Å².